The van der Waals surface area contributed by atoms with Crippen molar-refractivity contribution >= 4 is 27.5 Å². The van der Waals surface area contributed by atoms with Crippen LogP contribution in [0.1, 0.15) is 35.6 Å². The Hall–Kier alpha value is -3.65. The second-order valence-electron chi connectivity index (χ2n) is 9.54. The van der Waals surface area contributed by atoms with Gasteiger partial charge in [0.05, 0.1) is 11.9 Å². The summed E-state index contributed by atoms with van der Waals surface area (Å²) in [6.07, 6.45) is 2.15. The number of aryl methyl sites for hydroxylation is 2. The first kappa shape index (κ1) is 28.9. The van der Waals surface area contributed by atoms with E-state index in [0.29, 0.717) is 18.7 Å². The number of carbonyl (C=O) groups excluding carboxylic acids is 2. The summed E-state index contributed by atoms with van der Waals surface area (Å²) in [4.78, 5) is 28.9. The van der Waals surface area contributed by atoms with Crippen molar-refractivity contribution in [3.63, 3.8) is 0 Å². The maximum atomic E-state index is 14.0. The third-order valence-electron chi connectivity index (χ3n) is 6.47. The van der Waals surface area contributed by atoms with Crippen LogP contribution < -0.4 is 9.62 Å². The number of nitrogens with zero attached hydrogens (tertiary/aromatic N) is 2. The van der Waals surface area contributed by atoms with Gasteiger partial charge in [-0.3, -0.25) is 13.9 Å². The fraction of sp³-hybridized carbons (Fsp3) is 0.333. The van der Waals surface area contributed by atoms with Crippen LogP contribution in [-0.4, -0.2) is 50.5 Å². The first-order valence-corrected chi connectivity index (χ1v) is 14.6. The van der Waals surface area contributed by atoms with Gasteiger partial charge in [0.15, 0.2) is 0 Å². The van der Waals surface area contributed by atoms with Gasteiger partial charge in [-0.15, -0.1) is 0 Å². The molecule has 38 heavy (non-hydrogen) atoms. The summed E-state index contributed by atoms with van der Waals surface area (Å²) in [6.45, 7) is 6.04. The van der Waals surface area contributed by atoms with Gasteiger partial charge >= 0.3 is 0 Å². The van der Waals surface area contributed by atoms with E-state index in [1.807, 2.05) is 87.5 Å². The quantitative estimate of drug-likeness (QED) is 0.376. The van der Waals surface area contributed by atoms with Gasteiger partial charge in [-0.1, -0.05) is 73.7 Å². The highest BCUT2D eigenvalue weighted by Gasteiger charge is 2.32. The van der Waals surface area contributed by atoms with Crippen LogP contribution >= 0.6 is 0 Å². The lowest BCUT2D eigenvalue weighted by Gasteiger charge is -2.33. The maximum Gasteiger partial charge on any atom is 0.244 e. The molecule has 0 aliphatic carbocycles. The van der Waals surface area contributed by atoms with E-state index in [0.717, 1.165) is 39.2 Å². The van der Waals surface area contributed by atoms with E-state index in [2.05, 4.69) is 5.32 Å². The standard InChI is InChI=1S/C30H37N3O4S/c1-5-18-31-30(35)28(20-25-12-8-6-9-13-25)32(21-26-14-10-7-11-15-26)29(34)22-33(38(4,36)37)27-17-16-23(2)24(3)19-27/h6-17,19,28H,5,18,20-22H2,1-4H3,(H,31,35)/t28-/m0/s1. The van der Waals surface area contributed by atoms with Gasteiger partial charge in [-0.2, -0.15) is 0 Å². The molecule has 2 amide bonds. The Balaban J connectivity index is 2.03. The summed E-state index contributed by atoms with van der Waals surface area (Å²) in [5.41, 5.74) is 4.11. The van der Waals surface area contributed by atoms with Crippen molar-refractivity contribution in [2.45, 2.75) is 46.2 Å². The third-order valence-corrected chi connectivity index (χ3v) is 7.61. The Bertz CT molecular complexity index is 1330. The molecule has 0 heterocycles. The number of carbonyl (C=O) groups is 2. The molecule has 0 spiro atoms. The van der Waals surface area contributed by atoms with Crippen LogP contribution in [0.2, 0.25) is 0 Å². The highest BCUT2D eigenvalue weighted by Crippen LogP contribution is 2.23. The number of sulfonamides is 1. The molecule has 8 heteroatoms. The number of anilines is 1. The lowest BCUT2D eigenvalue weighted by Crippen LogP contribution is -2.53. The lowest BCUT2D eigenvalue weighted by molar-refractivity contribution is -0.140. The molecule has 0 aromatic heterocycles. The molecule has 0 unspecified atom stereocenters. The van der Waals surface area contributed by atoms with E-state index < -0.39 is 28.5 Å². The SMILES string of the molecule is CCCNC(=O)[C@H](Cc1ccccc1)N(Cc1ccccc1)C(=O)CN(c1ccc(C)c(C)c1)S(C)(=O)=O. The average Bonchev–Trinajstić information content (AvgIpc) is 2.90. The molecular weight excluding hydrogens is 498 g/mol. The molecule has 0 saturated carbocycles. The number of nitrogens with one attached hydrogen (secondary N) is 1. The van der Waals surface area contributed by atoms with Gasteiger partial charge in [0.1, 0.15) is 12.6 Å². The lowest BCUT2D eigenvalue weighted by atomic mass is 10.0. The third kappa shape index (κ3) is 7.92. The smallest absolute Gasteiger partial charge is 0.244 e. The zero-order chi connectivity index (χ0) is 27.7. The highest BCUT2D eigenvalue weighted by atomic mass is 32.2. The van der Waals surface area contributed by atoms with Crippen molar-refractivity contribution in [1.29, 1.82) is 0 Å². The second kappa shape index (κ2) is 13.2. The van der Waals surface area contributed by atoms with Crippen LogP contribution in [0.4, 0.5) is 5.69 Å². The number of rotatable bonds is 12. The van der Waals surface area contributed by atoms with Crippen LogP contribution in [0.5, 0.6) is 0 Å². The topological polar surface area (TPSA) is 86.8 Å². The minimum atomic E-state index is -3.78. The largest absolute Gasteiger partial charge is 0.354 e. The van der Waals surface area contributed by atoms with Crippen LogP contribution in [0.25, 0.3) is 0 Å². The number of hydrogen-bond acceptors (Lipinski definition) is 4. The van der Waals surface area contributed by atoms with Gasteiger partial charge < -0.3 is 10.2 Å². The first-order chi connectivity index (χ1) is 18.1. The van der Waals surface area contributed by atoms with E-state index >= 15 is 0 Å². The van der Waals surface area contributed by atoms with Crippen molar-refractivity contribution in [3.8, 4) is 0 Å². The summed E-state index contributed by atoms with van der Waals surface area (Å²) in [5, 5.41) is 2.94. The summed E-state index contributed by atoms with van der Waals surface area (Å²) < 4.78 is 26.8. The monoisotopic (exact) mass is 535 g/mol. The summed E-state index contributed by atoms with van der Waals surface area (Å²) in [5.74, 6) is -0.720. The minimum Gasteiger partial charge on any atom is -0.354 e. The van der Waals surface area contributed by atoms with E-state index in [4.69, 9.17) is 0 Å². The molecule has 0 fully saturated rings. The van der Waals surface area contributed by atoms with E-state index in [1.54, 1.807) is 12.1 Å². The van der Waals surface area contributed by atoms with Crippen LogP contribution in [0.15, 0.2) is 78.9 Å². The molecule has 7 nitrogen and oxygen atoms in total. The molecule has 0 radical (unpaired) electrons. The van der Waals surface area contributed by atoms with Gasteiger partial charge in [0.2, 0.25) is 21.8 Å². The molecule has 1 N–H and O–H groups in total. The molecule has 3 aromatic carbocycles. The molecule has 3 aromatic rings. The Morgan fingerprint density at radius 2 is 1.47 bits per heavy atom. The fourth-order valence-corrected chi connectivity index (χ4v) is 5.04. The van der Waals surface area contributed by atoms with Crippen molar-refractivity contribution in [2.75, 3.05) is 23.7 Å². The summed E-state index contributed by atoms with van der Waals surface area (Å²) >= 11 is 0. The first-order valence-electron chi connectivity index (χ1n) is 12.8. The Labute approximate surface area is 226 Å². The zero-order valence-electron chi connectivity index (χ0n) is 22.6. The molecule has 1 atom stereocenters. The van der Waals surface area contributed by atoms with Gasteiger partial charge in [-0.05, 0) is 54.7 Å². The Kier molecular flexibility index (Phi) is 10.1. The van der Waals surface area contributed by atoms with Crippen LogP contribution in [-0.2, 0) is 32.6 Å². The van der Waals surface area contributed by atoms with Crippen molar-refractivity contribution in [1.82, 2.24) is 10.2 Å². The normalized spacial score (nSPS) is 12.0. The zero-order valence-corrected chi connectivity index (χ0v) is 23.4. The van der Waals surface area contributed by atoms with E-state index in [-0.39, 0.29) is 12.5 Å². The molecule has 202 valence electrons. The number of hydrogen-bond donors (Lipinski definition) is 1. The van der Waals surface area contributed by atoms with Gasteiger partial charge in [0.25, 0.3) is 0 Å². The van der Waals surface area contributed by atoms with Crippen molar-refractivity contribution < 1.29 is 18.0 Å². The number of amides is 2. The fourth-order valence-electron chi connectivity index (χ4n) is 4.19. The highest BCUT2D eigenvalue weighted by molar-refractivity contribution is 7.92. The summed E-state index contributed by atoms with van der Waals surface area (Å²) in [6, 6.07) is 23.4. The molecular formula is C30H37N3O4S. The molecule has 0 aliphatic heterocycles. The number of benzene rings is 3. The van der Waals surface area contributed by atoms with Crippen LogP contribution in [0.3, 0.4) is 0 Å². The average molecular weight is 536 g/mol. The Morgan fingerprint density at radius 3 is 2.03 bits per heavy atom. The minimum absolute atomic E-state index is 0.168. The molecule has 3 rings (SSSR count). The Morgan fingerprint density at radius 1 is 0.868 bits per heavy atom. The van der Waals surface area contributed by atoms with Gasteiger partial charge in [0, 0.05) is 19.5 Å². The predicted molar refractivity (Wildman–Crippen MR) is 152 cm³/mol. The van der Waals surface area contributed by atoms with Crippen LogP contribution in [0, 0.1) is 13.8 Å². The summed E-state index contributed by atoms with van der Waals surface area (Å²) in [7, 11) is -3.78. The van der Waals surface area contributed by atoms with Gasteiger partial charge in [-0.25, -0.2) is 8.42 Å². The molecule has 0 saturated heterocycles. The second-order valence-corrected chi connectivity index (χ2v) is 11.4. The van der Waals surface area contributed by atoms with Crippen molar-refractivity contribution in [3.05, 3.63) is 101 Å². The molecule has 0 bridgehead atoms. The van der Waals surface area contributed by atoms with Crippen molar-refractivity contribution in [2.24, 2.45) is 0 Å². The van der Waals surface area contributed by atoms with E-state index in [9.17, 15) is 18.0 Å². The van der Waals surface area contributed by atoms with E-state index in [1.165, 1.54) is 4.90 Å². The predicted octanol–water partition coefficient (Wildman–Crippen LogP) is 4.24. The maximum absolute atomic E-state index is 14.0. The molecule has 0 aliphatic rings.